The van der Waals surface area contributed by atoms with Crippen LogP contribution in [0.1, 0.15) is 34.4 Å². The monoisotopic (exact) mass is 526 g/mol. The molecule has 11 heteroatoms. The van der Waals surface area contributed by atoms with E-state index in [0.717, 1.165) is 4.57 Å². The summed E-state index contributed by atoms with van der Waals surface area (Å²) in [5.41, 5.74) is -0.516. The van der Waals surface area contributed by atoms with Crippen molar-refractivity contribution in [3.8, 4) is 17.2 Å². The average Bonchev–Trinajstić information content (AvgIpc) is 3.49. The number of hydrogen-bond donors (Lipinski definition) is 0. The summed E-state index contributed by atoms with van der Waals surface area (Å²) in [5.74, 6) is -1.24. The first-order valence-electron chi connectivity index (χ1n) is 11.2. The van der Waals surface area contributed by atoms with Gasteiger partial charge in [-0.15, -0.1) is 0 Å². The molecule has 5 rings (SSSR count). The number of aromatic nitrogens is 4. The van der Waals surface area contributed by atoms with Crippen LogP contribution >= 0.6 is 11.6 Å². The Hall–Kier alpha value is -4.18. The number of ketones is 1. The number of nitrogens with zero attached hydrogens (tertiary/aromatic N) is 4. The van der Waals surface area contributed by atoms with Crippen LogP contribution in [0.3, 0.4) is 0 Å². The highest BCUT2D eigenvalue weighted by Crippen LogP contribution is 2.41. The van der Waals surface area contributed by atoms with Gasteiger partial charge in [-0.1, -0.05) is 28.9 Å². The molecule has 0 radical (unpaired) electrons. The summed E-state index contributed by atoms with van der Waals surface area (Å²) in [4.78, 5) is 21.6. The second kappa shape index (κ2) is 9.70. The van der Waals surface area contributed by atoms with Gasteiger partial charge in [0.1, 0.15) is 11.4 Å². The van der Waals surface area contributed by atoms with Crippen molar-refractivity contribution in [1.82, 2.24) is 19.7 Å². The molecular weight excluding hydrogens is 509 g/mol. The van der Waals surface area contributed by atoms with Crippen molar-refractivity contribution in [2.75, 3.05) is 6.61 Å². The normalized spacial score (nSPS) is 11.7. The van der Waals surface area contributed by atoms with Crippen molar-refractivity contribution in [2.45, 2.75) is 19.6 Å². The molecule has 0 aliphatic carbocycles. The Morgan fingerprint density at radius 1 is 1.14 bits per heavy atom. The number of benzene rings is 2. The van der Waals surface area contributed by atoms with E-state index in [1.807, 2.05) is 0 Å². The highest BCUT2D eigenvalue weighted by molar-refractivity contribution is 6.30. The molecule has 0 fully saturated rings. The van der Waals surface area contributed by atoms with Crippen LogP contribution in [-0.2, 0) is 12.7 Å². The Morgan fingerprint density at radius 2 is 1.92 bits per heavy atom. The number of ether oxygens (including phenoxy) is 1. The number of hydrogen-bond acceptors (Lipinski definition) is 6. The number of carbonyl (C=O) groups is 1. The van der Waals surface area contributed by atoms with E-state index in [4.69, 9.17) is 20.9 Å². The standard InChI is InChI=1S/C26H18ClF3N4O3/c1-2-36-18-9-10-20-19(12-18)21(22(35)24-32-25(37-33-24)16-4-3-11-31-13-16)23(26(28,29)30)34(20)14-15-5-7-17(27)8-6-15/h3-13H,2,14H2,1H3. The molecule has 5 aromatic rings. The highest BCUT2D eigenvalue weighted by atomic mass is 35.5. The van der Waals surface area contributed by atoms with Crippen molar-refractivity contribution in [3.05, 3.63) is 94.7 Å². The van der Waals surface area contributed by atoms with Crippen LogP contribution in [0.4, 0.5) is 13.2 Å². The third kappa shape index (κ3) is 4.79. The fourth-order valence-electron chi connectivity index (χ4n) is 4.09. The molecule has 188 valence electrons. The maximum atomic E-state index is 14.6. The zero-order chi connectivity index (χ0) is 26.2. The lowest BCUT2D eigenvalue weighted by molar-refractivity contribution is -0.143. The molecule has 0 saturated heterocycles. The van der Waals surface area contributed by atoms with Crippen molar-refractivity contribution in [2.24, 2.45) is 0 Å². The molecule has 0 N–H and O–H groups in total. The van der Waals surface area contributed by atoms with Gasteiger partial charge in [-0.25, -0.2) is 0 Å². The molecule has 7 nitrogen and oxygen atoms in total. The minimum Gasteiger partial charge on any atom is -0.494 e. The SMILES string of the molecule is CCOc1ccc2c(c1)c(C(=O)c1noc(-c3cccnc3)n1)c(C(F)(F)F)n2Cc1ccc(Cl)cc1. The van der Waals surface area contributed by atoms with E-state index in [9.17, 15) is 18.0 Å². The first-order chi connectivity index (χ1) is 17.8. The number of fused-ring (bicyclic) bond motifs is 1. The summed E-state index contributed by atoms with van der Waals surface area (Å²) in [6.07, 6.45) is -1.90. The molecular formula is C26H18ClF3N4O3. The fourth-order valence-corrected chi connectivity index (χ4v) is 4.21. The quantitative estimate of drug-likeness (QED) is 0.227. The Morgan fingerprint density at radius 3 is 2.59 bits per heavy atom. The zero-order valence-electron chi connectivity index (χ0n) is 19.3. The van der Waals surface area contributed by atoms with Gasteiger partial charge in [-0.05, 0) is 55.0 Å². The third-order valence-corrected chi connectivity index (χ3v) is 5.88. The molecule has 0 bridgehead atoms. The summed E-state index contributed by atoms with van der Waals surface area (Å²) in [6.45, 7) is 1.89. The Labute approximate surface area is 213 Å². The van der Waals surface area contributed by atoms with Gasteiger partial charge in [0.15, 0.2) is 0 Å². The number of carbonyl (C=O) groups excluding carboxylic acids is 1. The molecule has 37 heavy (non-hydrogen) atoms. The van der Waals surface area contributed by atoms with E-state index >= 15 is 0 Å². The van der Waals surface area contributed by atoms with E-state index in [1.54, 1.807) is 49.4 Å². The molecule has 0 saturated carbocycles. The predicted molar refractivity (Wildman–Crippen MR) is 130 cm³/mol. The summed E-state index contributed by atoms with van der Waals surface area (Å²) in [7, 11) is 0. The molecule has 3 aromatic heterocycles. The smallest absolute Gasteiger partial charge is 0.432 e. The molecule has 0 spiro atoms. The minimum atomic E-state index is -4.88. The van der Waals surface area contributed by atoms with E-state index in [-0.39, 0.29) is 23.3 Å². The molecule has 0 aliphatic rings. The van der Waals surface area contributed by atoms with E-state index < -0.39 is 29.0 Å². The lowest BCUT2D eigenvalue weighted by Crippen LogP contribution is -2.19. The van der Waals surface area contributed by atoms with Crippen LogP contribution in [0.15, 0.2) is 71.5 Å². The fraction of sp³-hybridized carbons (Fsp3) is 0.154. The molecule has 0 aliphatic heterocycles. The largest absolute Gasteiger partial charge is 0.494 e. The van der Waals surface area contributed by atoms with Gasteiger partial charge in [-0.3, -0.25) is 9.78 Å². The number of halogens is 4. The summed E-state index contributed by atoms with van der Waals surface area (Å²) in [6, 6.07) is 14.2. The third-order valence-electron chi connectivity index (χ3n) is 5.63. The number of alkyl halides is 3. The summed E-state index contributed by atoms with van der Waals surface area (Å²) in [5, 5.41) is 4.19. The van der Waals surface area contributed by atoms with Gasteiger partial charge in [-0.2, -0.15) is 18.2 Å². The van der Waals surface area contributed by atoms with Crippen LogP contribution in [-0.4, -0.2) is 32.1 Å². The molecule has 0 unspecified atom stereocenters. The van der Waals surface area contributed by atoms with Crippen LogP contribution < -0.4 is 4.74 Å². The second-order valence-electron chi connectivity index (χ2n) is 8.04. The Balaban J connectivity index is 1.71. The molecule has 2 aromatic carbocycles. The van der Waals surface area contributed by atoms with Crippen LogP contribution in [0.5, 0.6) is 5.75 Å². The van der Waals surface area contributed by atoms with Gasteiger partial charge >= 0.3 is 6.18 Å². The summed E-state index contributed by atoms with van der Waals surface area (Å²) < 4.78 is 55.6. The molecule has 3 heterocycles. The van der Waals surface area contributed by atoms with Crippen LogP contribution in [0.25, 0.3) is 22.4 Å². The minimum absolute atomic E-state index is 0.0371. The highest BCUT2D eigenvalue weighted by Gasteiger charge is 2.42. The van der Waals surface area contributed by atoms with Crippen LogP contribution in [0, 0.1) is 0 Å². The average molecular weight is 527 g/mol. The maximum Gasteiger partial charge on any atom is 0.432 e. The molecule has 0 atom stereocenters. The zero-order valence-corrected chi connectivity index (χ0v) is 20.0. The first kappa shape index (κ1) is 24.5. The van der Waals surface area contributed by atoms with Gasteiger partial charge in [0.2, 0.25) is 11.6 Å². The van der Waals surface area contributed by atoms with Crippen molar-refractivity contribution in [3.63, 3.8) is 0 Å². The Kier molecular flexibility index (Phi) is 6.43. The topological polar surface area (TPSA) is 83.0 Å². The lowest BCUT2D eigenvalue weighted by Gasteiger charge is -2.14. The Bertz CT molecular complexity index is 1580. The van der Waals surface area contributed by atoms with E-state index in [0.29, 0.717) is 28.5 Å². The van der Waals surface area contributed by atoms with Crippen LogP contribution in [0.2, 0.25) is 5.02 Å². The maximum absolute atomic E-state index is 14.6. The lowest BCUT2D eigenvalue weighted by atomic mass is 10.0. The number of pyridine rings is 1. The van der Waals surface area contributed by atoms with E-state index in [1.165, 1.54) is 24.5 Å². The number of rotatable bonds is 7. The summed E-state index contributed by atoms with van der Waals surface area (Å²) >= 11 is 5.95. The second-order valence-corrected chi connectivity index (χ2v) is 8.48. The van der Waals surface area contributed by atoms with Gasteiger partial charge < -0.3 is 13.8 Å². The van der Waals surface area contributed by atoms with Crippen molar-refractivity contribution in [1.29, 1.82) is 0 Å². The van der Waals surface area contributed by atoms with Crippen molar-refractivity contribution >= 4 is 28.3 Å². The molecule has 0 amide bonds. The van der Waals surface area contributed by atoms with Crippen molar-refractivity contribution < 1.29 is 27.2 Å². The first-order valence-corrected chi connectivity index (χ1v) is 11.5. The van der Waals surface area contributed by atoms with E-state index in [2.05, 4.69) is 15.1 Å². The van der Waals surface area contributed by atoms with Gasteiger partial charge in [0, 0.05) is 34.9 Å². The van der Waals surface area contributed by atoms with Gasteiger partial charge in [0.05, 0.1) is 17.7 Å². The van der Waals surface area contributed by atoms with Gasteiger partial charge in [0.25, 0.3) is 5.89 Å². The predicted octanol–water partition coefficient (Wildman–Crippen LogP) is 6.44.